The summed E-state index contributed by atoms with van der Waals surface area (Å²) in [6, 6.07) is 10.4. The van der Waals surface area contributed by atoms with E-state index in [9.17, 15) is 9.59 Å². The minimum absolute atomic E-state index is 0.475. The van der Waals surface area contributed by atoms with Gasteiger partial charge in [-0.15, -0.1) is 0 Å². The van der Waals surface area contributed by atoms with Crippen molar-refractivity contribution in [1.29, 1.82) is 0 Å². The molecule has 0 aromatic heterocycles. The molecule has 2 rings (SSSR count). The summed E-state index contributed by atoms with van der Waals surface area (Å²) in [7, 11) is 0. The number of nitrogens with one attached hydrogen (secondary N) is 2. The first-order chi connectivity index (χ1) is 10.4. The number of aryl methyl sites for hydroxylation is 2. The molecule has 0 aliphatic rings. The molecule has 0 heterocycles. The van der Waals surface area contributed by atoms with Gasteiger partial charge in [0.2, 0.25) is 0 Å². The third kappa shape index (κ3) is 4.08. The first-order valence-corrected chi connectivity index (χ1v) is 7.68. The first kappa shape index (κ1) is 16.5. The molecule has 4 nitrogen and oxygen atoms in total. The lowest BCUT2D eigenvalue weighted by Gasteiger charge is -2.09. The molecule has 0 saturated heterocycles. The molecule has 0 saturated carbocycles. The van der Waals surface area contributed by atoms with Gasteiger partial charge in [0.05, 0.1) is 0 Å². The van der Waals surface area contributed by atoms with Gasteiger partial charge in [-0.25, -0.2) is 0 Å². The van der Waals surface area contributed by atoms with Gasteiger partial charge < -0.3 is 10.6 Å². The fourth-order valence-electron chi connectivity index (χ4n) is 1.80. The zero-order valence-electron chi connectivity index (χ0n) is 12.0. The third-order valence-electron chi connectivity index (χ3n) is 3.07. The minimum atomic E-state index is -0.748. The lowest BCUT2D eigenvalue weighted by Crippen LogP contribution is -2.29. The van der Waals surface area contributed by atoms with Crippen LogP contribution in [0, 0.1) is 13.8 Å². The standard InChI is InChI=1S/C16H14BrClN2O2/c1-9-3-5-12(8-13(9)18)19-15(21)16(22)20-14-6-4-11(17)7-10(14)2/h3-8H,1-2H3,(H,19,21)(H,20,22). The second-order valence-corrected chi connectivity index (χ2v) is 6.15. The molecular formula is C16H14BrClN2O2. The van der Waals surface area contributed by atoms with E-state index in [-0.39, 0.29) is 0 Å². The van der Waals surface area contributed by atoms with Crippen molar-refractivity contribution in [3.05, 3.63) is 57.0 Å². The Balaban J connectivity index is 2.05. The smallest absolute Gasteiger partial charge is 0.314 e. The number of anilines is 2. The maximum Gasteiger partial charge on any atom is 0.314 e. The first-order valence-electron chi connectivity index (χ1n) is 6.51. The zero-order valence-corrected chi connectivity index (χ0v) is 14.4. The van der Waals surface area contributed by atoms with E-state index in [4.69, 9.17) is 11.6 Å². The Morgan fingerprint density at radius 3 is 2.27 bits per heavy atom. The predicted octanol–water partition coefficient (Wildman–Crippen LogP) is 4.30. The van der Waals surface area contributed by atoms with Crippen LogP contribution in [0.2, 0.25) is 5.02 Å². The second-order valence-electron chi connectivity index (χ2n) is 4.83. The molecule has 0 radical (unpaired) electrons. The molecule has 0 unspecified atom stereocenters. The van der Waals surface area contributed by atoms with Crippen molar-refractivity contribution in [2.45, 2.75) is 13.8 Å². The molecule has 114 valence electrons. The summed E-state index contributed by atoms with van der Waals surface area (Å²) >= 11 is 9.33. The average Bonchev–Trinajstić information content (AvgIpc) is 2.45. The quantitative estimate of drug-likeness (QED) is 0.762. The van der Waals surface area contributed by atoms with Crippen LogP contribution in [0.3, 0.4) is 0 Å². The van der Waals surface area contributed by atoms with E-state index in [1.165, 1.54) is 0 Å². The lowest BCUT2D eigenvalue weighted by molar-refractivity contribution is -0.133. The summed E-state index contributed by atoms with van der Waals surface area (Å²) in [4.78, 5) is 23.9. The molecule has 0 atom stereocenters. The van der Waals surface area contributed by atoms with Crippen LogP contribution in [0.5, 0.6) is 0 Å². The van der Waals surface area contributed by atoms with Crippen LogP contribution in [0.4, 0.5) is 11.4 Å². The summed E-state index contributed by atoms with van der Waals surface area (Å²) in [6.45, 7) is 3.70. The molecule has 22 heavy (non-hydrogen) atoms. The van der Waals surface area contributed by atoms with Gasteiger partial charge in [-0.1, -0.05) is 33.6 Å². The van der Waals surface area contributed by atoms with E-state index in [0.29, 0.717) is 16.4 Å². The topological polar surface area (TPSA) is 58.2 Å². The van der Waals surface area contributed by atoms with Crippen LogP contribution in [-0.4, -0.2) is 11.8 Å². The fraction of sp³-hybridized carbons (Fsp3) is 0.125. The van der Waals surface area contributed by atoms with Crippen LogP contribution in [0.25, 0.3) is 0 Å². The van der Waals surface area contributed by atoms with Gasteiger partial charge in [0, 0.05) is 20.9 Å². The van der Waals surface area contributed by atoms with E-state index >= 15 is 0 Å². The fourth-order valence-corrected chi connectivity index (χ4v) is 2.46. The van der Waals surface area contributed by atoms with E-state index in [1.807, 2.05) is 19.9 Å². The molecule has 2 N–H and O–H groups in total. The van der Waals surface area contributed by atoms with Gasteiger partial charge >= 0.3 is 11.8 Å². The average molecular weight is 382 g/mol. The number of halogens is 2. The molecule has 0 aliphatic heterocycles. The minimum Gasteiger partial charge on any atom is -0.318 e. The summed E-state index contributed by atoms with van der Waals surface area (Å²) in [6.07, 6.45) is 0. The number of hydrogen-bond acceptors (Lipinski definition) is 2. The highest BCUT2D eigenvalue weighted by atomic mass is 79.9. The number of rotatable bonds is 2. The Labute approximate surface area is 142 Å². The molecule has 2 aromatic carbocycles. The van der Waals surface area contributed by atoms with Gasteiger partial charge in [0.25, 0.3) is 0 Å². The maximum absolute atomic E-state index is 11.9. The highest BCUT2D eigenvalue weighted by molar-refractivity contribution is 9.10. The molecule has 0 aliphatic carbocycles. The van der Waals surface area contributed by atoms with Crippen molar-refractivity contribution >= 4 is 50.7 Å². The van der Waals surface area contributed by atoms with Crippen molar-refractivity contribution in [2.24, 2.45) is 0 Å². The molecule has 0 bridgehead atoms. The summed E-state index contributed by atoms with van der Waals surface area (Å²) in [5, 5.41) is 5.62. The zero-order chi connectivity index (χ0) is 16.3. The Morgan fingerprint density at radius 2 is 1.64 bits per heavy atom. The normalized spacial score (nSPS) is 10.2. The van der Waals surface area contributed by atoms with Crippen LogP contribution in [0.15, 0.2) is 40.9 Å². The predicted molar refractivity (Wildman–Crippen MR) is 92.3 cm³/mol. The Morgan fingerprint density at radius 1 is 0.955 bits per heavy atom. The van der Waals surface area contributed by atoms with Crippen LogP contribution < -0.4 is 10.6 Å². The van der Waals surface area contributed by atoms with Gasteiger partial charge in [-0.05, 0) is 55.3 Å². The second kappa shape index (κ2) is 6.94. The largest absolute Gasteiger partial charge is 0.318 e. The molecule has 0 spiro atoms. The molecule has 2 aromatic rings. The van der Waals surface area contributed by atoms with Gasteiger partial charge in [-0.3, -0.25) is 9.59 Å². The summed E-state index contributed by atoms with van der Waals surface area (Å²) in [5.41, 5.74) is 2.82. The van der Waals surface area contributed by atoms with Crippen molar-refractivity contribution in [3.8, 4) is 0 Å². The van der Waals surface area contributed by atoms with Gasteiger partial charge in [0.1, 0.15) is 0 Å². The molecular weight excluding hydrogens is 368 g/mol. The van der Waals surface area contributed by atoms with Crippen molar-refractivity contribution in [1.82, 2.24) is 0 Å². The van der Waals surface area contributed by atoms with E-state index in [0.717, 1.165) is 15.6 Å². The van der Waals surface area contributed by atoms with Crippen LogP contribution in [0.1, 0.15) is 11.1 Å². The van der Waals surface area contributed by atoms with Crippen molar-refractivity contribution < 1.29 is 9.59 Å². The molecule has 0 fully saturated rings. The maximum atomic E-state index is 11.9. The molecule has 2 amide bonds. The van der Waals surface area contributed by atoms with Crippen molar-refractivity contribution in [3.63, 3.8) is 0 Å². The number of amides is 2. The monoisotopic (exact) mass is 380 g/mol. The highest BCUT2D eigenvalue weighted by Crippen LogP contribution is 2.21. The van der Waals surface area contributed by atoms with Crippen molar-refractivity contribution in [2.75, 3.05) is 10.6 Å². The van der Waals surface area contributed by atoms with E-state index in [2.05, 4.69) is 26.6 Å². The summed E-state index contributed by atoms with van der Waals surface area (Å²) in [5.74, 6) is -1.48. The third-order valence-corrected chi connectivity index (χ3v) is 3.97. The van der Waals surface area contributed by atoms with Gasteiger partial charge in [0.15, 0.2) is 0 Å². The number of carbonyl (C=O) groups excluding carboxylic acids is 2. The lowest BCUT2D eigenvalue weighted by atomic mass is 10.2. The van der Waals surface area contributed by atoms with Crippen LogP contribution >= 0.6 is 27.5 Å². The number of carbonyl (C=O) groups is 2. The Bertz CT molecular complexity index is 747. The molecule has 6 heteroatoms. The Kier molecular flexibility index (Phi) is 5.21. The van der Waals surface area contributed by atoms with Gasteiger partial charge in [-0.2, -0.15) is 0 Å². The van der Waals surface area contributed by atoms with E-state index in [1.54, 1.807) is 30.3 Å². The SMILES string of the molecule is Cc1ccc(NC(=O)C(=O)Nc2ccc(Br)cc2C)cc1Cl. The van der Waals surface area contributed by atoms with Crippen LogP contribution in [-0.2, 0) is 9.59 Å². The number of benzene rings is 2. The Hall–Kier alpha value is -1.85. The summed E-state index contributed by atoms with van der Waals surface area (Å²) < 4.78 is 0.904. The van der Waals surface area contributed by atoms with E-state index < -0.39 is 11.8 Å². The highest BCUT2D eigenvalue weighted by Gasteiger charge is 2.15. The number of hydrogen-bond donors (Lipinski definition) is 2.